The highest BCUT2D eigenvalue weighted by molar-refractivity contribution is 7.90. The van der Waals surface area contributed by atoms with E-state index in [9.17, 15) is 13.2 Å². The zero-order chi connectivity index (χ0) is 20.9. The molecule has 0 atom stereocenters. The van der Waals surface area contributed by atoms with Crippen LogP contribution in [0.2, 0.25) is 0 Å². The van der Waals surface area contributed by atoms with Crippen molar-refractivity contribution in [3.8, 4) is 0 Å². The van der Waals surface area contributed by atoms with Crippen LogP contribution in [0.1, 0.15) is 54.7 Å². The Hall–Kier alpha value is -1.93. The predicted molar refractivity (Wildman–Crippen MR) is 115 cm³/mol. The van der Waals surface area contributed by atoms with Crippen LogP contribution in [0.15, 0.2) is 24.4 Å². The second kappa shape index (κ2) is 7.34. The number of rotatable bonds is 7. The van der Waals surface area contributed by atoms with Gasteiger partial charge in [-0.1, -0.05) is 6.07 Å². The highest BCUT2D eigenvalue weighted by Crippen LogP contribution is 2.59. The first-order valence-corrected chi connectivity index (χ1v) is 12.8. The van der Waals surface area contributed by atoms with E-state index in [0.717, 1.165) is 24.3 Å². The summed E-state index contributed by atoms with van der Waals surface area (Å²) in [6.45, 7) is 0.825. The van der Waals surface area contributed by atoms with Crippen LogP contribution in [0.4, 0.5) is 0 Å². The van der Waals surface area contributed by atoms with Crippen LogP contribution in [-0.2, 0) is 15.6 Å². The van der Waals surface area contributed by atoms with Crippen molar-refractivity contribution in [2.24, 2.45) is 28.9 Å². The van der Waals surface area contributed by atoms with Gasteiger partial charge in [0.2, 0.25) is 0 Å². The molecule has 2 aromatic rings. The van der Waals surface area contributed by atoms with E-state index in [4.69, 9.17) is 5.73 Å². The molecule has 7 nitrogen and oxygen atoms in total. The van der Waals surface area contributed by atoms with Crippen LogP contribution in [0.5, 0.6) is 0 Å². The average Bonchev–Trinajstić information content (AvgIpc) is 3.06. The number of hydrogen-bond acceptors (Lipinski definition) is 5. The fourth-order valence-electron chi connectivity index (χ4n) is 6.66. The lowest BCUT2D eigenvalue weighted by Gasteiger charge is -2.56. The Kier molecular flexibility index (Phi) is 4.89. The van der Waals surface area contributed by atoms with E-state index >= 15 is 0 Å². The fourth-order valence-corrected chi connectivity index (χ4v) is 7.75. The number of nitrogens with two attached hydrogens (primary N) is 1. The Labute approximate surface area is 177 Å². The third-order valence-corrected chi connectivity index (χ3v) is 8.95. The summed E-state index contributed by atoms with van der Waals surface area (Å²) >= 11 is 0. The number of nitrogens with one attached hydrogen (secondary N) is 1. The maximum Gasteiger partial charge on any atom is 0.268 e. The molecule has 4 aliphatic rings. The third kappa shape index (κ3) is 3.75. The van der Waals surface area contributed by atoms with Gasteiger partial charge in [0, 0.05) is 19.3 Å². The summed E-state index contributed by atoms with van der Waals surface area (Å²) in [5.74, 6) is 2.19. The molecule has 0 saturated heterocycles. The van der Waals surface area contributed by atoms with Gasteiger partial charge in [-0.15, -0.1) is 0 Å². The van der Waals surface area contributed by atoms with Crippen molar-refractivity contribution in [3.05, 3.63) is 35.8 Å². The number of pyridine rings is 1. The van der Waals surface area contributed by atoms with E-state index in [0.29, 0.717) is 17.0 Å². The van der Waals surface area contributed by atoms with Crippen LogP contribution in [0, 0.1) is 23.2 Å². The van der Waals surface area contributed by atoms with Crippen LogP contribution >= 0.6 is 0 Å². The largest absolute Gasteiger partial charge is 0.350 e. The predicted octanol–water partition coefficient (Wildman–Crippen LogP) is 2.15. The summed E-state index contributed by atoms with van der Waals surface area (Å²) in [4.78, 5) is 17.5. The first-order valence-electron chi connectivity index (χ1n) is 11.0. The molecule has 8 heteroatoms. The first kappa shape index (κ1) is 20.0. The van der Waals surface area contributed by atoms with E-state index in [1.807, 2.05) is 0 Å². The smallest absolute Gasteiger partial charge is 0.268 e. The number of aromatic nitrogens is 2. The molecular formula is C22H30N4O3S. The second-order valence-corrected chi connectivity index (χ2v) is 12.0. The summed E-state index contributed by atoms with van der Waals surface area (Å²) in [6, 6.07) is 5.34. The number of carbonyl (C=O) groups excluding carboxylic acids is 1. The van der Waals surface area contributed by atoms with Crippen molar-refractivity contribution in [2.75, 3.05) is 18.8 Å². The van der Waals surface area contributed by atoms with Gasteiger partial charge in [-0.05, 0) is 73.8 Å². The Morgan fingerprint density at radius 3 is 2.47 bits per heavy atom. The average molecular weight is 431 g/mol. The minimum atomic E-state index is -3.30. The molecule has 162 valence electrons. The molecule has 30 heavy (non-hydrogen) atoms. The molecule has 6 rings (SSSR count). The molecule has 0 spiro atoms. The number of fused-ring (bicyclic) bond motifs is 1. The van der Waals surface area contributed by atoms with Gasteiger partial charge in [0.1, 0.15) is 11.3 Å². The third-order valence-electron chi connectivity index (χ3n) is 7.36. The van der Waals surface area contributed by atoms with Gasteiger partial charge in [-0.25, -0.2) is 13.4 Å². The van der Waals surface area contributed by atoms with Gasteiger partial charge < -0.3 is 11.1 Å². The normalized spacial score (nSPS) is 30.1. The molecule has 4 bridgehead atoms. The number of sulfone groups is 1. The monoisotopic (exact) mass is 430 g/mol. The lowest BCUT2D eigenvalue weighted by Crippen LogP contribution is -2.51. The van der Waals surface area contributed by atoms with Crippen LogP contribution in [-0.4, -0.2) is 42.6 Å². The fraction of sp³-hybridized carbons (Fsp3) is 0.636. The Balaban J connectivity index is 1.33. The Morgan fingerprint density at radius 1 is 1.17 bits per heavy atom. The molecule has 2 heterocycles. The first-order chi connectivity index (χ1) is 14.3. The maximum atomic E-state index is 13.1. The van der Waals surface area contributed by atoms with E-state index < -0.39 is 9.84 Å². The highest BCUT2D eigenvalue weighted by atomic mass is 32.2. The van der Waals surface area contributed by atoms with Gasteiger partial charge in [0.15, 0.2) is 9.84 Å². The van der Waals surface area contributed by atoms with E-state index in [1.165, 1.54) is 38.5 Å². The zero-order valence-corrected chi connectivity index (χ0v) is 18.0. The summed E-state index contributed by atoms with van der Waals surface area (Å²) in [6.07, 6.45) is 9.56. The van der Waals surface area contributed by atoms with Crippen molar-refractivity contribution in [1.29, 1.82) is 0 Å². The minimum absolute atomic E-state index is 0.0702. The molecule has 0 radical (unpaired) electrons. The molecule has 2 aromatic heterocycles. The van der Waals surface area contributed by atoms with Crippen molar-refractivity contribution in [1.82, 2.24) is 14.7 Å². The number of imidazole rings is 1. The lowest BCUT2D eigenvalue weighted by molar-refractivity contribution is -0.0503. The standard InChI is InChI=1S/C22H30N4O3S/c23-4-5-30(28,29)13-18-12-26-19(2-1-3-20(26)25-18)21(27)24-14-22-9-15-6-16(10-22)8-17(7-15)11-22/h1-3,12,15-17H,4-11,13-14,23H2,(H,24,27). The molecule has 3 N–H and O–H groups in total. The number of hydrogen-bond donors (Lipinski definition) is 2. The highest BCUT2D eigenvalue weighted by Gasteiger charge is 2.50. The van der Waals surface area contributed by atoms with Gasteiger partial charge in [-0.2, -0.15) is 0 Å². The number of amides is 1. The summed E-state index contributed by atoms with van der Waals surface area (Å²) < 4.78 is 25.9. The van der Waals surface area contributed by atoms with Crippen molar-refractivity contribution >= 4 is 21.4 Å². The van der Waals surface area contributed by atoms with Gasteiger partial charge in [0.25, 0.3) is 5.91 Å². The molecule has 4 aliphatic carbocycles. The minimum Gasteiger partial charge on any atom is -0.350 e. The second-order valence-electron chi connectivity index (χ2n) is 9.85. The molecule has 0 aromatic carbocycles. The molecule has 0 aliphatic heterocycles. The molecular weight excluding hydrogens is 400 g/mol. The van der Waals surface area contributed by atoms with E-state index in [1.54, 1.807) is 28.8 Å². The van der Waals surface area contributed by atoms with Crippen molar-refractivity contribution < 1.29 is 13.2 Å². The Morgan fingerprint density at radius 2 is 1.83 bits per heavy atom. The zero-order valence-electron chi connectivity index (χ0n) is 17.2. The molecule has 4 fully saturated rings. The summed E-state index contributed by atoms with van der Waals surface area (Å²) in [5, 5.41) is 3.20. The lowest BCUT2D eigenvalue weighted by atomic mass is 9.49. The number of nitrogens with zero attached hydrogens (tertiary/aromatic N) is 2. The quantitative estimate of drug-likeness (QED) is 0.700. The molecule has 1 amide bonds. The molecule has 0 unspecified atom stereocenters. The Bertz CT molecular complexity index is 1040. The van der Waals surface area contributed by atoms with Crippen LogP contribution in [0.25, 0.3) is 5.65 Å². The van der Waals surface area contributed by atoms with Gasteiger partial charge in [0.05, 0.1) is 17.2 Å². The van der Waals surface area contributed by atoms with Crippen molar-refractivity contribution in [3.63, 3.8) is 0 Å². The van der Waals surface area contributed by atoms with Crippen LogP contribution in [0.3, 0.4) is 0 Å². The van der Waals surface area contributed by atoms with E-state index in [-0.39, 0.29) is 29.4 Å². The SMILES string of the molecule is NCCS(=O)(=O)Cc1cn2c(C(=O)NCC34CC5CC(CC(C5)C3)C4)cccc2n1. The van der Waals surface area contributed by atoms with Gasteiger partial charge in [-0.3, -0.25) is 9.20 Å². The van der Waals surface area contributed by atoms with Gasteiger partial charge >= 0.3 is 0 Å². The topological polar surface area (TPSA) is 107 Å². The van der Waals surface area contributed by atoms with Crippen LogP contribution < -0.4 is 11.1 Å². The van der Waals surface area contributed by atoms with Crippen molar-refractivity contribution in [2.45, 2.75) is 44.3 Å². The number of carbonyl (C=O) groups is 1. The summed E-state index contributed by atoms with van der Waals surface area (Å²) in [7, 11) is -3.30. The maximum absolute atomic E-state index is 13.1. The molecule has 4 saturated carbocycles. The summed E-state index contributed by atoms with van der Waals surface area (Å²) in [5.41, 5.74) is 7.17. The van der Waals surface area contributed by atoms with E-state index in [2.05, 4.69) is 10.3 Å².